The van der Waals surface area contributed by atoms with Crippen LogP contribution in [0.25, 0.3) is 0 Å². The summed E-state index contributed by atoms with van der Waals surface area (Å²) in [6.45, 7) is 6.17. The molecular weight excluding hydrogens is 185 g/mol. The predicted octanol–water partition coefficient (Wildman–Crippen LogP) is -4.18. The molecule has 0 rings (SSSR count). The molecule has 0 radical (unpaired) electrons. The standard InChI is InChI=1S/C7H11NO3.K/c1-4(2)6(9)8-5(3)7(10)11;/h5H,1H2,2-3H3,(H,8,9)(H,10,11);/q;+1/p-1/t5-;/m0./s1. The summed E-state index contributed by atoms with van der Waals surface area (Å²) in [5.74, 6) is -1.78. The zero-order chi connectivity index (χ0) is 9.02. The molecule has 0 aliphatic rings. The topological polar surface area (TPSA) is 69.2 Å². The van der Waals surface area contributed by atoms with E-state index in [-0.39, 0.29) is 57.0 Å². The molecule has 0 aliphatic carbocycles. The van der Waals surface area contributed by atoms with E-state index in [9.17, 15) is 14.7 Å². The molecule has 12 heavy (non-hydrogen) atoms. The van der Waals surface area contributed by atoms with Crippen LogP contribution < -0.4 is 61.8 Å². The number of nitrogens with one attached hydrogen (secondary N) is 1. The van der Waals surface area contributed by atoms with Crippen LogP contribution in [0, 0.1) is 0 Å². The molecule has 1 amide bonds. The molecule has 0 aromatic rings. The molecule has 0 unspecified atom stereocenters. The SMILES string of the molecule is C=C(C)C(=O)N[C@@H](C)C(=O)[O-].[K+]. The van der Waals surface area contributed by atoms with E-state index >= 15 is 0 Å². The van der Waals surface area contributed by atoms with E-state index in [1.54, 1.807) is 0 Å². The number of amides is 1. The summed E-state index contributed by atoms with van der Waals surface area (Å²) in [6.07, 6.45) is 0. The van der Waals surface area contributed by atoms with Crippen LogP contribution in [0.15, 0.2) is 12.2 Å². The number of carboxylic acids is 1. The Bertz CT molecular complexity index is 203. The van der Waals surface area contributed by atoms with Crippen LogP contribution in [-0.2, 0) is 9.59 Å². The van der Waals surface area contributed by atoms with Gasteiger partial charge in [0, 0.05) is 5.57 Å². The van der Waals surface area contributed by atoms with Crippen LogP contribution in [0.1, 0.15) is 13.8 Å². The molecule has 0 saturated carbocycles. The van der Waals surface area contributed by atoms with Crippen LogP contribution in [0.2, 0.25) is 0 Å². The van der Waals surface area contributed by atoms with Crippen LogP contribution in [0.3, 0.4) is 0 Å². The number of rotatable bonds is 3. The van der Waals surface area contributed by atoms with Gasteiger partial charge in [0.2, 0.25) is 5.91 Å². The Morgan fingerprint density at radius 1 is 1.50 bits per heavy atom. The van der Waals surface area contributed by atoms with Gasteiger partial charge in [0.25, 0.3) is 0 Å². The summed E-state index contributed by atoms with van der Waals surface area (Å²) in [6, 6.07) is -0.973. The molecule has 0 aromatic heterocycles. The van der Waals surface area contributed by atoms with Crippen LogP contribution in [0.4, 0.5) is 0 Å². The van der Waals surface area contributed by atoms with Gasteiger partial charge in [-0.3, -0.25) is 4.79 Å². The van der Waals surface area contributed by atoms with Gasteiger partial charge in [0.1, 0.15) is 0 Å². The molecule has 0 bridgehead atoms. The third-order valence-electron chi connectivity index (χ3n) is 1.09. The van der Waals surface area contributed by atoms with Crippen molar-refractivity contribution in [3.05, 3.63) is 12.2 Å². The normalized spacial score (nSPS) is 10.8. The van der Waals surface area contributed by atoms with E-state index in [1.807, 2.05) is 0 Å². The monoisotopic (exact) mass is 195 g/mol. The minimum absolute atomic E-state index is 0. The van der Waals surface area contributed by atoms with Gasteiger partial charge in [-0.05, 0) is 13.8 Å². The average molecular weight is 195 g/mol. The van der Waals surface area contributed by atoms with E-state index in [0.717, 1.165) is 0 Å². The first-order chi connectivity index (χ1) is 4.95. The quantitative estimate of drug-likeness (QED) is 0.367. The molecule has 1 atom stereocenters. The molecule has 0 heterocycles. The third-order valence-corrected chi connectivity index (χ3v) is 1.09. The summed E-state index contributed by atoms with van der Waals surface area (Å²) in [5.41, 5.74) is 0.276. The van der Waals surface area contributed by atoms with Gasteiger partial charge in [-0.2, -0.15) is 0 Å². The number of carbonyl (C=O) groups is 2. The molecule has 0 aliphatic heterocycles. The minimum Gasteiger partial charge on any atom is -0.548 e. The Morgan fingerprint density at radius 3 is 2.17 bits per heavy atom. The first-order valence-electron chi connectivity index (χ1n) is 3.12. The van der Waals surface area contributed by atoms with Gasteiger partial charge in [0.15, 0.2) is 0 Å². The van der Waals surface area contributed by atoms with Crippen molar-refractivity contribution in [3.8, 4) is 0 Å². The van der Waals surface area contributed by atoms with Crippen LogP contribution in [-0.4, -0.2) is 17.9 Å². The fourth-order valence-electron chi connectivity index (χ4n) is 0.379. The number of hydrogen-bond acceptors (Lipinski definition) is 3. The number of carboxylic acid groups (broad SMARTS) is 1. The minimum atomic E-state index is -1.31. The Kier molecular flexibility index (Phi) is 8.39. The van der Waals surface area contributed by atoms with Crippen molar-refractivity contribution < 1.29 is 66.1 Å². The first kappa shape index (κ1) is 14.8. The maximum atomic E-state index is 10.8. The second-order valence-electron chi connectivity index (χ2n) is 2.29. The second kappa shape index (κ2) is 6.79. The molecular formula is C7H10KNO3. The van der Waals surface area contributed by atoms with Crippen molar-refractivity contribution in [2.75, 3.05) is 0 Å². The van der Waals surface area contributed by atoms with Crippen molar-refractivity contribution in [3.63, 3.8) is 0 Å². The molecule has 0 saturated heterocycles. The van der Waals surface area contributed by atoms with Crippen molar-refractivity contribution in [1.82, 2.24) is 5.32 Å². The molecule has 0 aromatic carbocycles. The Labute approximate surface area is 114 Å². The maximum absolute atomic E-state index is 10.8. The molecule has 1 N–H and O–H groups in total. The Morgan fingerprint density at radius 2 is 1.92 bits per heavy atom. The summed E-state index contributed by atoms with van der Waals surface area (Å²) < 4.78 is 0. The largest absolute Gasteiger partial charge is 1.00 e. The number of aliphatic carboxylic acids is 1. The summed E-state index contributed by atoms with van der Waals surface area (Å²) >= 11 is 0. The van der Waals surface area contributed by atoms with Gasteiger partial charge >= 0.3 is 51.4 Å². The van der Waals surface area contributed by atoms with Gasteiger partial charge in [-0.15, -0.1) is 0 Å². The summed E-state index contributed by atoms with van der Waals surface area (Å²) in [4.78, 5) is 20.9. The van der Waals surface area contributed by atoms with E-state index in [1.165, 1.54) is 13.8 Å². The van der Waals surface area contributed by atoms with Gasteiger partial charge in [0.05, 0.1) is 12.0 Å². The average Bonchev–Trinajstić information content (AvgIpc) is 1.87. The number of carbonyl (C=O) groups excluding carboxylic acids is 2. The zero-order valence-electron chi connectivity index (χ0n) is 7.51. The number of hydrogen-bond donors (Lipinski definition) is 1. The van der Waals surface area contributed by atoms with Crippen molar-refractivity contribution in [1.29, 1.82) is 0 Å². The molecule has 0 spiro atoms. The van der Waals surface area contributed by atoms with Crippen molar-refractivity contribution >= 4 is 11.9 Å². The van der Waals surface area contributed by atoms with Crippen molar-refractivity contribution in [2.24, 2.45) is 0 Å². The van der Waals surface area contributed by atoms with Crippen LogP contribution >= 0.6 is 0 Å². The fraction of sp³-hybridized carbons (Fsp3) is 0.429. The summed E-state index contributed by atoms with van der Waals surface area (Å²) in [7, 11) is 0. The summed E-state index contributed by atoms with van der Waals surface area (Å²) in [5, 5.41) is 12.3. The predicted molar refractivity (Wildman–Crippen MR) is 37.4 cm³/mol. The van der Waals surface area contributed by atoms with Crippen molar-refractivity contribution in [2.45, 2.75) is 19.9 Å². The van der Waals surface area contributed by atoms with Gasteiger partial charge in [-0.1, -0.05) is 6.58 Å². The molecule has 0 fully saturated rings. The van der Waals surface area contributed by atoms with E-state index < -0.39 is 17.9 Å². The van der Waals surface area contributed by atoms with E-state index in [4.69, 9.17) is 0 Å². The third kappa shape index (κ3) is 5.90. The Hall–Kier alpha value is 0.316. The van der Waals surface area contributed by atoms with E-state index in [2.05, 4.69) is 11.9 Å². The molecule has 4 nitrogen and oxygen atoms in total. The smallest absolute Gasteiger partial charge is 0.548 e. The van der Waals surface area contributed by atoms with Gasteiger partial charge in [-0.25, -0.2) is 0 Å². The molecule has 62 valence electrons. The first-order valence-corrected chi connectivity index (χ1v) is 3.12. The van der Waals surface area contributed by atoms with E-state index in [0.29, 0.717) is 0 Å². The maximum Gasteiger partial charge on any atom is 1.00 e. The van der Waals surface area contributed by atoms with Crippen LogP contribution in [0.5, 0.6) is 0 Å². The zero-order valence-corrected chi connectivity index (χ0v) is 10.6. The molecule has 5 heteroatoms. The van der Waals surface area contributed by atoms with Gasteiger partial charge < -0.3 is 15.2 Å². The second-order valence-corrected chi connectivity index (χ2v) is 2.29. The Balaban J connectivity index is 0. The fourth-order valence-corrected chi connectivity index (χ4v) is 0.379.